The van der Waals surface area contributed by atoms with Gasteiger partial charge in [-0.25, -0.2) is 0 Å². The average molecular weight is 256 g/mol. The molecule has 1 rings (SSSR count). The molecule has 2 N–H and O–H groups in total. The highest BCUT2D eigenvalue weighted by molar-refractivity contribution is 6.68. The zero-order valence-corrected chi connectivity index (χ0v) is 9.61. The van der Waals surface area contributed by atoms with Crippen LogP contribution in [-0.2, 0) is 0 Å². The van der Waals surface area contributed by atoms with Crippen LogP contribution in [-0.4, -0.2) is 14.0 Å². The molecule has 0 spiro atoms. The summed E-state index contributed by atoms with van der Waals surface area (Å²) in [6.07, 6.45) is -1.34. The van der Waals surface area contributed by atoms with E-state index in [4.69, 9.17) is 34.8 Å². The van der Waals surface area contributed by atoms with E-state index in [1.165, 1.54) is 12.1 Å². The van der Waals surface area contributed by atoms with Gasteiger partial charge < -0.3 is 10.2 Å². The van der Waals surface area contributed by atoms with Gasteiger partial charge in [-0.3, -0.25) is 0 Å². The third-order valence-electron chi connectivity index (χ3n) is 1.79. The Labute approximate surface area is 97.0 Å². The molecule has 78 valence electrons. The molecule has 0 fully saturated rings. The van der Waals surface area contributed by atoms with E-state index in [-0.39, 0.29) is 11.3 Å². The lowest BCUT2D eigenvalue weighted by Gasteiger charge is -2.20. The molecule has 0 aliphatic heterocycles. The number of aryl methyl sites for hydroxylation is 1. The Balaban J connectivity index is 3.08. The number of aromatic hydroxyl groups is 1. The summed E-state index contributed by atoms with van der Waals surface area (Å²) < 4.78 is -1.84. The van der Waals surface area contributed by atoms with Crippen molar-refractivity contribution in [2.45, 2.75) is 16.8 Å². The first-order valence-corrected chi connectivity index (χ1v) is 5.00. The molecule has 14 heavy (non-hydrogen) atoms. The van der Waals surface area contributed by atoms with Crippen molar-refractivity contribution in [3.05, 3.63) is 29.3 Å². The molecular weight excluding hydrogens is 246 g/mol. The molecule has 0 heterocycles. The van der Waals surface area contributed by atoms with Gasteiger partial charge in [-0.05, 0) is 18.6 Å². The van der Waals surface area contributed by atoms with Gasteiger partial charge in [0.25, 0.3) is 0 Å². The van der Waals surface area contributed by atoms with Gasteiger partial charge >= 0.3 is 0 Å². The SMILES string of the molecule is Cc1ccc(C(O)C(Cl)(Cl)Cl)c(O)c1. The first-order valence-electron chi connectivity index (χ1n) is 3.86. The predicted octanol–water partition coefficient (Wildman–Crippen LogP) is 3.10. The van der Waals surface area contributed by atoms with Gasteiger partial charge in [0, 0.05) is 5.56 Å². The standard InChI is InChI=1S/C9H9Cl3O2/c1-5-2-3-6(7(13)4-5)8(14)9(10,11)12/h2-4,8,13-14H,1H3. The number of hydrogen-bond acceptors (Lipinski definition) is 2. The highest BCUT2D eigenvalue weighted by Gasteiger charge is 2.33. The molecule has 0 aliphatic rings. The number of phenols is 1. The van der Waals surface area contributed by atoms with Crippen LogP contribution in [0.3, 0.4) is 0 Å². The fourth-order valence-corrected chi connectivity index (χ4v) is 1.41. The maximum Gasteiger partial charge on any atom is 0.220 e. The fraction of sp³-hybridized carbons (Fsp3) is 0.333. The Hall–Kier alpha value is -0.150. The number of alkyl halides is 3. The molecule has 1 aromatic carbocycles. The molecule has 0 amide bonds. The van der Waals surface area contributed by atoms with Crippen LogP contribution in [0.4, 0.5) is 0 Å². The van der Waals surface area contributed by atoms with Crippen LogP contribution in [0.15, 0.2) is 18.2 Å². The molecule has 1 atom stereocenters. The van der Waals surface area contributed by atoms with Crippen molar-refractivity contribution in [3.63, 3.8) is 0 Å². The van der Waals surface area contributed by atoms with Gasteiger partial charge in [0.1, 0.15) is 11.9 Å². The van der Waals surface area contributed by atoms with E-state index in [2.05, 4.69) is 0 Å². The van der Waals surface area contributed by atoms with Crippen molar-refractivity contribution in [1.82, 2.24) is 0 Å². The first-order chi connectivity index (χ1) is 6.32. The minimum absolute atomic E-state index is 0.0798. The number of rotatable bonds is 1. The quantitative estimate of drug-likeness (QED) is 0.757. The Morgan fingerprint density at radius 1 is 1.29 bits per heavy atom. The van der Waals surface area contributed by atoms with Gasteiger partial charge in [-0.15, -0.1) is 0 Å². The lowest BCUT2D eigenvalue weighted by molar-refractivity contribution is 0.178. The second-order valence-electron chi connectivity index (χ2n) is 3.01. The summed E-state index contributed by atoms with van der Waals surface area (Å²) in [5.74, 6) is -0.0798. The molecule has 1 unspecified atom stereocenters. The summed E-state index contributed by atoms with van der Waals surface area (Å²) in [7, 11) is 0. The van der Waals surface area contributed by atoms with Crippen LogP contribution < -0.4 is 0 Å². The van der Waals surface area contributed by atoms with Gasteiger partial charge in [0.15, 0.2) is 0 Å². The molecule has 1 aromatic rings. The Bertz CT molecular complexity index is 333. The van der Waals surface area contributed by atoms with E-state index < -0.39 is 9.90 Å². The number of halogens is 3. The van der Waals surface area contributed by atoms with Crippen molar-refractivity contribution < 1.29 is 10.2 Å². The number of aliphatic hydroxyl groups excluding tert-OH is 1. The first kappa shape index (κ1) is 11.9. The molecular formula is C9H9Cl3O2. The van der Waals surface area contributed by atoms with Gasteiger partial charge in [-0.2, -0.15) is 0 Å². The zero-order chi connectivity index (χ0) is 10.9. The maximum absolute atomic E-state index is 9.57. The summed E-state index contributed by atoms with van der Waals surface area (Å²) in [5, 5.41) is 19.1. The Morgan fingerprint density at radius 2 is 1.86 bits per heavy atom. The van der Waals surface area contributed by atoms with Crippen molar-refractivity contribution in [2.75, 3.05) is 0 Å². The maximum atomic E-state index is 9.57. The van der Waals surface area contributed by atoms with E-state index in [1.54, 1.807) is 6.07 Å². The van der Waals surface area contributed by atoms with Crippen molar-refractivity contribution >= 4 is 34.8 Å². The summed E-state index contributed by atoms with van der Waals surface area (Å²) in [6, 6.07) is 4.74. The second-order valence-corrected chi connectivity index (χ2v) is 5.38. The monoisotopic (exact) mass is 254 g/mol. The van der Waals surface area contributed by atoms with Crippen molar-refractivity contribution in [2.24, 2.45) is 0 Å². The zero-order valence-electron chi connectivity index (χ0n) is 7.34. The number of hydrogen-bond donors (Lipinski definition) is 2. The van der Waals surface area contributed by atoms with Crippen molar-refractivity contribution in [1.29, 1.82) is 0 Å². The molecule has 0 aliphatic carbocycles. The van der Waals surface area contributed by atoms with Gasteiger partial charge in [-0.1, -0.05) is 46.9 Å². The Kier molecular flexibility index (Phi) is 3.53. The van der Waals surface area contributed by atoms with Gasteiger partial charge in [0.2, 0.25) is 3.79 Å². The molecule has 0 bridgehead atoms. The summed E-state index contributed by atoms with van der Waals surface area (Å²) in [5.41, 5.74) is 1.07. The largest absolute Gasteiger partial charge is 0.508 e. The van der Waals surface area contributed by atoms with Crippen LogP contribution in [0.1, 0.15) is 17.2 Å². The molecule has 5 heteroatoms. The lowest BCUT2D eigenvalue weighted by atomic mass is 10.1. The third-order valence-corrected chi connectivity index (χ3v) is 2.41. The molecule has 0 saturated heterocycles. The van der Waals surface area contributed by atoms with Crippen LogP contribution in [0, 0.1) is 6.92 Å². The van der Waals surface area contributed by atoms with E-state index in [0.29, 0.717) is 0 Å². The summed E-state index contributed by atoms with van der Waals surface area (Å²) in [4.78, 5) is 0. The van der Waals surface area contributed by atoms with E-state index in [1.807, 2.05) is 6.92 Å². The molecule has 0 radical (unpaired) electrons. The second kappa shape index (κ2) is 4.15. The molecule has 0 saturated carbocycles. The van der Waals surface area contributed by atoms with Crippen LogP contribution in [0.25, 0.3) is 0 Å². The van der Waals surface area contributed by atoms with E-state index in [0.717, 1.165) is 5.56 Å². The highest BCUT2D eigenvalue weighted by Crippen LogP contribution is 2.42. The minimum atomic E-state index is -1.84. The lowest BCUT2D eigenvalue weighted by Crippen LogP contribution is -2.16. The van der Waals surface area contributed by atoms with Gasteiger partial charge in [0.05, 0.1) is 0 Å². The molecule has 0 aromatic heterocycles. The number of benzene rings is 1. The van der Waals surface area contributed by atoms with Crippen LogP contribution in [0.5, 0.6) is 5.75 Å². The number of phenolic OH excluding ortho intramolecular Hbond substituents is 1. The van der Waals surface area contributed by atoms with Crippen LogP contribution >= 0.6 is 34.8 Å². The fourth-order valence-electron chi connectivity index (χ4n) is 1.06. The van der Waals surface area contributed by atoms with E-state index in [9.17, 15) is 10.2 Å². The van der Waals surface area contributed by atoms with Crippen LogP contribution in [0.2, 0.25) is 0 Å². The van der Waals surface area contributed by atoms with E-state index >= 15 is 0 Å². The number of aliphatic hydroxyl groups is 1. The summed E-state index contributed by atoms with van der Waals surface area (Å²) in [6.45, 7) is 1.81. The predicted molar refractivity (Wildman–Crippen MR) is 58.1 cm³/mol. The van der Waals surface area contributed by atoms with Crippen molar-refractivity contribution in [3.8, 4) is 5.75 Å². The third kappa shape index (κ3) is 2.67. The highest BCUT2D eigenvalue weighted by atomic mass is 35.6. The topological polar surface area (TPSA) is 40.5 Å². The Morgan fingerprint density at radius 3 is 2.29 bits per heavy atom. The molecule has 2 nitrogen and oxygen atoms in total. The smallest absolute Gasteiger partial charge is 0.220 e. The average Bonchev–Trinajstić information content (AvgIpc) is 2.01. The minimum Gasteiger partial charge on any atom is -0.508 e. The normalized spacial score (nSPS) is 14.1. The summed E-state index contributed by atoms with van der Waals surface area (Å²) >= 11 is 16.5.